The summed E-state index contributed by atoms with van der Waals surface area (Å²) in [6.45, 7) is 0.669. The summed E-state index contributed by atoms with van der Waals surface area (Å²) in [6.07, 6.45) is 0. The molecule has 0 aliphatic carbocycles. The van der Waals surface area contributed by atoms with Crippen LogP contribution in [0.5, 0.6) is 0 Å². The van der Waals surface area contributed by atoms with E-state index in [1.54, 1.807) is 12.1 Å². The molecule has 0 aliphatic heterocycles. The molecule has 0 radical (unpaired) electrons. The minimum Gasteiger partial charge on any atom is -0.381 e. The molecular weight excluding hydrogens is 234 g/mol. The van der Waals surface area contributed by atoms with Crippen LogP contribution in [0.3, 0.4) is 0 Å². The van der Waals surface area contributed by atoms with Crippen molar-refractivity contribution in [3.05, 3.63) is 65.7 Å². The van der Waals surface area contributed by atoms with Crippen LogP contribution in [0.4, 0.5) is 5.69 Å². The summed E-state index contributed by atoms with van der Waals surface area (Å²) in [7, 11) is 0. The fourth-order valence-electron chi connectivity index (χ4n) is 1.56. The molecule has 0 saturated heterocycles. The third kappa shape index (κ3) is 3.33. The predicted octanol–water partition coefficient (Wildman–Crippen LogP) is 3.68. The van der Waals surface area contributed by atoms with E-state index in [4.69, 9.17) is 11.6 Å². The molecule has 17 heavy (non-hydrogen) atoms. The molecule has 2 aromatic carbocycles. The SMILES string of the molecule is O=C(Cl)c1cccc(CNc2ccccc2)c1. The third-order valence-electron chi connectivity index (χ3n) is 2.42. The Kier molecular flexibility index (Phi) is 3.78. The minimum atomic E-state index is -0.424. The van der Waals surface area contributed by atoms with Gasteiger partial charge in [-0.05, 0) is 35.4 Å². The van der Waals surface area contributed by atoms with Gasteiger partial charge in [-0.1, -0.05) is 36.4 Å². The van der Waals surface area contributed by atoms with Crippen LogP contribution in [0.1, 0.15) is 15.9 Å². The summed E-state index contributed by atoms with van der Waals surface area (Å²) in [6, 6.07) is 17.2. The number of carbonyl (C=O) groups excluding carboxylic acids is 1. The summed E-state index contributed by atoms with van der Waals surface area (Å²) < 4.78 is 0. The van der Waals surface area contributed by atoms with Gasteiger partial charge in [-0.3, -0.25) is 4.79 Å². The zero-order valence-electron chi connectivity index (χ0n) is 9.19. The van der Waals surface area contributed by atoms with E-state index < -0.39 is 5.24 Å². The van der Waals surface area contributed by atoms with Crippen LogP contribution in [0.2, 0.25) is 0 Å². The Morgan fingerprint density at radius 1 is 1.06 bits per heavy atom. The van der Waals surface area contributed by atoms with Crippen LogP contribution >= 0.6 is 11.6 Å². The van der Waals surface area contributed by atoms with E-state index in [0.29, 0.717) is 12.1 Å². The third-order valence-corrected chi connectivity index (χ3v) is 2.64. The van der Waals surface area contributed by atoms with E-state index in [9.17, 15) is 4.79 Å². The van der Waals surface area contributed by atoms with Crippen LogP contribution in [-0.2, 0) is 6.54 Å². The van der Waals surface area contributed by atoms with Gasteiger partial charge in [0, 0.05) is 17.8 Å². The quantitative estimate of drug-likeness (QED) is 0.833. The van der Waals surface area contributed by atoms with Gasteiger partial charge < -0.3 is 5.32 Å². The monoisotopic (exact) mass is 245 g/mol. The zero-order chi connectivity index (χ0) is 12.1. The molecule has 0 aromatic heterocycles. The number of carbonyl (C=O) groups is 1. The standard InChI is InChI=1S/C14H12ClNO/c15-14(17)12-6-4-5-11(9-12)10-16-13-7-2-1-3-8-13/h1-9,16H,10H2. The number of anilines is 1. The van der Waals surface area contributed by atoms with Crippen molar-refractivity contribution in [2.75, 3.05) is 5.32 Å². The van der Waals surface area contributed by atoms with Crippen LogP contribution in [0.25, 0.3) is 0 Å². The molecule has 2 rings (SSSR count). The van der Waals surface area contributed by atoms with Gasteiger partial charge in [0.2, 0.25) is 0 Å². The molecular formula is C14H12ClNO. The Hall–Kier alpha value is -1.80. The normalized spacial score (nSPS) is 9.94. The highest BCUT2D eigenvalue weighted by Crippen LogP contribution is 2.11. The molecule has 0 spiro atoms. The van der Waals surface area contributed by atoms with Crippen LogP contribution in [-0.4, -0.2) is 5.24 Å². The largest absolute Gasteiger partial charge is 0.381 e. The van der Waals surface area contributed by atoms with Crippen LogP contribution in [0.15, 0.2) is 54.6 Å². The van der Waals surface area contributed by atoms with Crippen molar-refractivity contribution < 1.29 is 4.79 Å². The Labute approximate surface area is 105 Å². The number of nitrogens with one attached hydrogen (secondary N) is 1. The lowest BCUT2D eigenvalue weighted by Gasteiger charge is -2.06. The van der Waals surface area contributed by atoms with E-state index in [2.05, 4.69) is 5.32 Å². The topological polar surface area (TPSA) is 29.1 Å². The Balaban J connectivity index is 2.04. The second-order valence-corrected chi connectivity index (χ2v) is 4.04. The molecule has 2 nitrogen and oxygen atoms in total. The van der Waals surface area contributed by atoms with Gasteiger partial charge in [-0.2, -0.15) is 0 Å². The van der Waals surface area contributed by atoms with Gasteiger partial charge in [0.05, 0.1) is 0 Å². The molecule has 0 aliphatic rings. The van der Waals surface area contributed by atoms with Crippen molar-refractivity contribution in [1.29, 1.82) is 0 Å². The zero-order valence-corrected chi connectivity index (χ0v) is 9.95. The lowest BCUT2D eigenvalue weighted by Crippen LogP contribution is -2.00. The number of benzene rings is 2. The van der Waals surface area contributed by atoms with Gasteiger partial charge in [0.25, 0.3) is 5.24 Å². The Morgan fingerprint density at radius 2 is 1.82 bits per heavy atom. The van der Waals surface area contributed by atoms with E-state index in [0.717, 1.165) is 11.3 Å². The Morgan fingerprint density at radius 3 is 2.53 bits per heavy atom. The lowest BCUT2D eigenvalue weighted by atomic mass is 10.1. The maximum Gasteiger partial charge on any atom is 0.252 e. The van der Waals surface area contributed by atoms with Crippen molar-refractivity contribution >= 4 is 22.5 Å². The summed E-state index contributed by atoms with van der Waals surface area (Å²) in [4.78, 5) is 11.0. The first kappa shape index (κ1) is 11.7. The average Bonchev–Trinajstić information content (AvgIpc) is 2.38. The van der Waals surface area contributed by atoms with Crippen LogP contribution < -0.4 is 5.32 Å². The molecule has 0 fully saturated rings. The second kappa shape index (κ2) is 5.51. The maximum atomic E-state index is 11.0. The predicted molar refractivity (Wildman–Crippen MR) is 70.4 cm³/mol. The molecule has 0 atom stereocenters. The number of hydrogen-bond acceptors (Lipinski definition) is 2. The highest BCUT2D eigenvalue weighted by Gasteiger charge is 2.02. The fraction of sp³-hybridized carbons (Fsp3) is 0.0714. The molecule has 86 valence electrons. The smallest absolute Gasteiger partial charge is 0.252 e. The molecule has 1 N–H and O–H groups in total. The highest BCUT2D eigenvalue weighted by atomic mass is 35.5. The average molecular weight is 246 g/mol. The lowest BCUT2D eigenvalue weighted by molar-refractivity contribution is 0.108. The first-order chi connectivity index (χ1) is 8.25. The molecule has 0 bridgehead atoms. The number of halogens is 1. The molecule has 2 aromatic rings. The molecule has 0 amide bonds. The van der Waals surface area contributed by atoms with E-state index in [1.807, 2.05) is 42.5 Å². The van der Waals surface area contributed by atoms with Crippen LogP contribution in [0, 0.1) is 0 Å². The van der Waals surface area contributed by atoms with Crippen molar-refractivity contribution in [1.82, 2.24) is 0 Å². The molecule has 0 saturated carbocycles. The minimum absolute atomic E-state index is 0.424. The van der Waals surface area contributed by atoms with E-state index >= 15 is 0 Å². The van der Waals surface area contributed by atoms with Gasteiger partial charge >= 0.3 is 0 Å². The van der Waals surface area contributed by atoms with Crippen molar-refractivity contribution in [3.8, 4) is 0 Å². The van der Waals surface area contributed by atoms with Crippen molar-refractivity contribution in [3.63, 3.8) is 0 Å². The summed E-state index contributed by atoms with van der Waals surface area (Å²) in [5, 5.41) is 2.85. The summed E-state index contributed by atoms with van der Waals surface area (Å²) in [5.41, 5.74) is 2.61. The van der Waals surface area contributed by atoms with E-state index in [-0.39, 0.29) is 0 Å². The maximum absolute atomic E-state index is 11.0. The van der Waals surface area contributed by atoms with Gasteiger partial charge in [-0.25, -0.2) is 0 Å². The van der Waals surface area contributed by atoms with Gasteiger partial charge in [-0.15, -0.1) is 0 Å². The van der Waals surface area contributed by atoms with Crippen molar-refractivity contribution in [2.24, 2.45) is 0 Å². The van der Waals surface area contributed by atoms with Gasteiger partial charge in [0.1, 0.15) is 0 Å². The van der Waals surface area contributed by atoms with Crippen molar-refractivity contribution in [2.45, 2.75) is 6.54 Å². The van der Waals surface area contributed by atoms with Gasteiger partial charge in [0.15, 0.2) is 0 Å². The van der Waals surface area contributed by atoms with E-state index in [1.165, 1.54) is 0 Å². The second-order valence-electron chi connectivity index (χ2n) is 3.69. The highest BCUT2D eigenvalue weighted by molar-refractivity contribution is 6.67. The first-order valence-electron chi connectivity index (χ1n) is 5.33. The number of hydrogen-bond donors (Lipinski definition) is 1. The number of para-hydroxylation sites is 1. The fourth-order valence-corrected chi connectivity index (χ4v) is 1.68. The summed E-state index contributed by atoms with van der Waals surface area (Å²) in [5.74, 6) is 0. The molecule has 0 heterocycles. The first-order valence-corrected chi connectivity index (χ1v) is 5.71. The number of rotatable bonds is 4. The Bertz CT molecular complexity index is 511. The molecule has 0 unspecified atom stereocenters. The molecule has 3 heteroatoms. The summed E-state index contributed by atoms with van der Waals surface area (Å²) >= 11 is 5.43.